The molecule has 2 saturated heterocycles. The minimum atomic E-state index is -0.466. The van der Waals surface area contributed by atoms with Gasteiger partial charge in [-0.05, 0) is 79.1 Å². The number of aryl methyl sites for hydroxylation is 1. The molecule has 3 aliphatic rings. The minimum Gasteiger partial charge on any atom is -0.508 e. The zero-order valence-corrected chi connectivity index (χ0v) is 30.4. The van der Waals surface area contributed by atoms with Crippen molar-refractivity contribution in [2.45, 2.75) is 32.0 Å². The van der Waals surface area contributed by atoms with Crippen LogP contribution in [-0.2, 0) is 31.8 Å². The lowest BCUT2D eigenvalue weighted by Crippen LogP contribution is -2.60. The summed E-state index contributed by atoms with van der Waals surface area (Å²) in [4.78, 5) is 37.9. The SMILES string of the molecule is Cc1c(C(=O)N(c2ccc(O)cc2)c2ccn(C)c2)cc(-c2cc(F)ccc2C(=O)N2Cc3ccccc3C[C@H]2CN2CCN3CCOC[C@@H]3C2)n1C. The number of aromatic nitrogens is 2. The van der Waals surface area contributed by atoms with Gasteiger partial charge in [0.05, 0.1) is 24.5 Å². The number of fused-ring (bicyclic) bond motifs is 2. The van der Waals surface area contributed by atoms with Crippen molar-refractivity contribution in [2.75, 3.05) is 50.8 Å². The summed E-state index contributed by atoms with van der Waals surface area (Å²) in [5.74, 6) is -0.828. The summed E-state index contributed by atoms with van der Waals surface area (Å²) >= 11 is 0. The van der Waals surface area contributed by atoms with E-state index in [1.54, 1.807) is 41.3 Å². The lowest BCUT2D eigenvalue weighted by molar-refractivity contribution is -0.0485. The van der Waals surface area contributed by atoms with Crippen LogP contribution in [0.15, 0.2) is 91.3 Å². The molecule has 0 spiro atoms. The zero-order valence-electron chi connectivity index (χ0n) is 30.4. The zero-order chi connectivity index (χ0) is 36.8. The van der Waals surface area contributed by atoms with Crippen molar-refractivity contribution < 1.29 is 23.8 Å². The van der Waals surface area contributed by atoms with Gasteiger partial charge >= 0.3 is 0 Å². The number of nitrogens with zero attached hydrogens (tertiary/aromatic N) is 6. The smallest absolute Gasteiger partial charge is 0.264 e. The molecule has 1 N–H and O–H groups in total. The van der Waals surface area contributed by atoms with Gasteiger partial charge < -0.3 is 23.9 Å². The van der Waals surface area contributed by atoms with Crippen molar-refractivity contribution in [1.29, 1.82) is 0 Å². The maximum atomic E-state index is 15.2. The Morgan fingerprint density at radius 1 is 0.925 bits per heavy atom. The number of hydrogen-bond acceptors (Lipinski definition) is 6. The fourth-order valence-corrected chi connectivity index (χ4v) is 8.23. The quantitative estimate of drug-likeness (QED) is 0.231. The average molecular weight is 717 g/mol. The Balaban J connectivity index is 1.14. The summed E-state index contributed by atoms with van der Waals surface area (Å²) < 4.78 is 24.7. The summed E-state index contributed by atoms with van der Waals surface area (Å²) in [5, 5.41) is 9.97. The fraction of sp³-hybridized carbons (Fsp3) is 0.333. The molecule has 8 rings (SSSR count). The van der Waals surface area contributed by atoms with Gasteiger partial charge in [0.1, 0.15) is 11.6 Å². The first-order valence-corrected chi connectivity index (χ1v) is 18.3. The number of ether oxygens (including phenoxy) is 1. The molecule has 3 aliphatic heterocycles. The standard InChI is InChI=1S/C42H45FN6O4/c1-28-38(42(52)49(33-14-15-44(2)24-33)32-9-11-36(50)12-10-32)22-40(45(28)3)39-21-31(43)8-13-37(39)41(51)48-23-30-7-5-4-6-29(30)20-34(48)25-46-16-17-47-18-19-53-27-35(47)26-46/h4-15,21-22,24,34-35,50H,16-20,23,25-27H2,1-3H3/t34-,35-/m0/s1. The summed E-state index contributed by atoms with van der Waals surface area (Å²) in [7, 11) is 3.72. The molecule has 2 atom stereocenters. The molecule has 2 aromatic heterocycles. The molecule has 0 unspecified atom stereocenters. The predicted octanol–water partition coefficient (Wildman–Crippen LogP) is 5.75. The maximum absolute atomic E-state index is 15.2. The number of carbonyl (C=O) groups excluding carboxylic acids is 2. The normalized spacial score (nSPS) is 19.1. The Bertz CT molecular complexity index is 2160. The van der Waals surface area contributed by atoms with Crippen LogP contribution in [0.2, 0.25) is 0 Å². The number of amides is 2. The summed E-state index contributed by atoms with van der Waals surface area (Å²) in [6, 6.07) is 23.0. The van der Waals surface area contributed by atoms with E-state index < -0.39 is 5.82 Å². The van der Waals surface area contributed by atoms with E-state index in [4.69, 9.17) is 4.74 Å². The number of aromatic hydroxyl groups is 1. The molecule has 5 aromatic rings. The number of phenols is 1. The van der Waals surface area contributed by atoms with Gasteiger partial charge in [0.2, 0.25) is 0 Å². The molecule has 11 heteroatoms. The second kappa shape index (κ2) is 14.3. The van der Waals surface area contributed by atoms with Gasteiger partial charge in [0, 0.05) is 106 Å². The number of piperazine rings is 1. The molecule has 0 saturated carbocycles. The van der Waals surface area contributed by atoms with Crippen molar-refractivity contribution in [2.24, 2.45) is 14.1 Å². The van der Waals surface area contributed by atoms with E-state index in [2.05, 4.69) is 28.0 Å². The third-order valence-electron chi connectivity index (χ3n) is 11.2. The topological polar surface area (TPSA) is 86.4 Å². The molecule has 0 bridgehead atoms. The van der Waals surface area contributed by atoms with Crippen molar-refractivity contribution in [1.82, 2.24) is 23.8 Å². The van der Waals surface area contributed by atoms with Crippen LogP contribution in [0.3, 0.4) is 0 Å². The van der Waals surface area contributed by atoms with Crippen LogP contribution >= 0.6 is 0 Å². The molecule has 274 valence electrons. The van der Waals surface area contributed by atoms with Gasteiger partial charge in [-0.15, -0.1) is 0 Å². The molecular formula is C42H45FN6O4. The summed E-state index contributed by atoms with van der Waals surface area (Å²) in [6.45, 7) is 8.31. The highest BCUT2D eigenvalue weighted by Crippen LogP contribution is 2.35. The average Bonchev–Trinajstić information content (AvgIpc) is 3.73. The molecule has 5 heterocycles. The highest BCUT2D eigenvalue weighted by molar-refractivity contribution is 6.12. The lowest BCUT2D eigenvalue weighted by atomic mass is 9.92. The Hall–Kier alpha value is -5.23. The Kier molecular flexibility index (Phi) is 9.40. The number of halogens is 1. The van der Waals surface area contributed by atoms with Gasteiger partial charge in [-0.25, -0.2) is 4.39 Å². The van der Waals surface area contributed by atoms with Crippen LogP contribution < -0.4 is 4.90 Å². The molecule has 53 heavy (non-hydrogen) atoms. The maximum Gasteiger partial charge on any atom is 0.264 e. The lowest BCUT2D eigenvalue weighted by Gasteiger charge is -2.46. The molecule has 0 radical (unpaired) electrons. The number of morpholine rings is 1. The van der Waals surface area contributed by atoms with Crippen molar-refractivity contribution >= 4 is 23.2 Å². The number of rotatable bonds is 7. The van der Waals surface area contributed by atoms with E-state index >= 15 is 4.39 Å². The van der Waals surface area contributed by atoms with E-state index in [-0.39, 0.29) is 23.6 Å². The largest absolute Gasteiger partial charge is 0.508 e. The van der Waals surface area contributed by atoms with Gasteiger partial charge in [-0.2, -0.15) is 0 Å². The molecule has 10 nitrogen and oxygen atoms in total. The van der Waals surface area contributed by atoms with Crippen LogP contribution in [-0.4, -0.2) is 98.8 Å². The number of hydrogen-bond donors (Lipinski definition) is 1. The van der Waals surface area contributed by atoms with Crippen LogP contribution in [0.5, 0.6) is 5.75 Å². The van der Waals surface area contributed by atoms with E-state index in [0.29, 0.717) is 52.0 Å². The van der Waals surface area contributed by atoms with Gasteiger partial charge in [-0.1, -0.05) is 24.3 Å². The number of anilines is 2. The predicted molar refractivity (Wildman–Crippen MR) is 202 cm³/mol. The number of carbonyl (C=O) groups is 2. The van der Waals surface area contributed by atoms with Crippen molar-refractivity contribution in [3.05, 3.63) is 125 Å². The first-order valence-electron chi connectivity index (χ1n) is 18.3. The monoisotopic (exact) mass is 716 g/mol. The van der Waals surface area contributed by atoms with E-state index in [1.807, 2.05) is 59.6 Å². The van der Waals surface area contributed by atoms with Crippen LogP contribution in [0.1, 0.15) is 37.5 Å². The fourth-order valence-electron chi connectivity index (χ4n) is 8.23. The number of phenolic OH excluding ortho intramolecular Hbond substituents is 1. The molecule has 2 amide bonds. The van der Waals surface area contributed by atoms with E-state index in [0.717, 1.165) is 57.9 Å². The Morgan fingerprint density at radius 2 is 1.72 bits per heavy atom. The van der Waals surface area contributed by atoms with Gasteiger partial charge in [0.15, 0.2) is 0 Å². The first kappa shape index (κ1) is 34.8. The van der Waals surface area contributed by atoms with Crippen LogP contribution in [0.4, 0.5) is 15.8 Å². The van der Waals surface area contributed by atoms with Gasteiger partial charge in [0.25, 0.3) is 11.8 Å². The second-order valence-corrected chi connectivity index (χ2v) is 14.6. The summed E-state index contributed by atoms with van der Waals surface area (Å²) in [6.07, 6.45) is 4.44. The minimum absolute atomic E-state index is 0.0802. The molecule has 2 fully saturated rings. The van der Waals surface area contributed by atoms with Crippen LogP contribution in [0.25, 0.3) is 11.3 Å². The Labute approximate surface area is 309 Å². The van der Waals surface area contributed by atoms with Gasteiger partial charge in [-0.3, -0.25) is 24.3 Å². The molecular weight excluding hydrogens is 671 g/mol. The Morgan fingerprint density at radius 3 is 2.49 bits per heavy atom. The second-order valence-electron chi connectivity index (χ2n) is 14.6. The van der Waals surface area contributed by atoms with Crippen molar-refractivity contribution in [3.63, 3.8) is 0 Å². The van der Waals surface area contributed by atoms with Crippen LogP contribution in [0, 0.1) is 12.7 Å². The molecule has 0 aliphatic carbocycles. The third kappa shape index (κ3) is 6.76. The highest BCUT2D eigenvalue weighted by Gasteiger charge is 2.36. The number of benzene rings is 3. The molecule has 3 aromatic carbocycles. The first-order chi connectivity index (χ1) is 25.6. The van der Waals surface area contributed by atoms with Crippen molar-refractivity contribution in [3.8, 4) is 17.0 Å². The highest BCUT2D eigenvalue weighted by atomic mass is 19.1. The summed E-state index contributed by atoms with van der Waals surface area (Å²) in [5.41, 5.74) is 6.07. The van der Waals surface area contributed by atoms with E-state index in [1.165, 1.54) is 17.7 Å². The van der Waals surface area contributed by atoms with E-state index in [9.17, 15) is 14.7 Å². The third-order valence-corrected chi connectivity index (χ3v) is 11.2.